The number of carbonyl (C=O) groups excluding carboxylic acids is 1. The summed E-state index contributed by atoms with van der Waals surface area (Å²) in [6, 6.07) is 6.62. The summed E-state index contributed by atoms with van der Waals surface area (Å²) in [5.41, 5.74) is 0.0885. The fraction of sp³-hybridized carbons (Fsp3) is 0.529. The normalized spacial score (nSPS) is 17.2. The van der Waals surface area contributed by atoms with E-state index in [1.54, 1.807) is 24.3 Å². The van der Waals surface area contributed by atoms with Crippen molar-refractivity contribution >= 4 is 27.4 Å². The van der Waals surface area contributed by atoms with Gasteiger partial charge in [-0.2, -0.15) is 0 Å². The van der Waals surface area contributed by atoms with Crippen molar-refractivity contribution in [3.8, 4) is 0 Å². The van der Waals surface area contributed by atoms with Crippen molar-refractivity contribution in [3.63, 3.8) is 0 Å². The monoisotopic (exact) mass is 353 g/mol. The molecule has 2 N–H and O–H groups in total. The Morgan fingerprint density at radius 2 is 1.88 bits per heavy atom. The number of nitrogens with one attached hydrogen (secondary N) is 1. The van der Waals surface area contributed by atoms with Crippen molar-refractivity contribution < 1.29 is 23.1 Å². The predicted octanol–water partition coefficient (Wildman–Crippen LogP) is 2.59. The molecule has 6 nitrogen and oxygen atoms in total. The number of aliphatic carboxylic acids is 1. The standard InChI is InChI=1S/C17H23NO5S/c1-24(22,23)12-13-6-5-7-14(10-13)18-15(19)11-17(16(20)21)8-3-2-4-9-17/h5-7,10H,2-4,8-9,11-12H2,1H3,(H,18,19)(H,20,21). The van der Waals surface area contributed by atoms with Crippen LogP contribution in [0.4, 0.5) is 5.69 Å². The van der Waals surface area contributed by atoms with Gasteiger partial charge in [-0.05, 0) is 30.5 Å². The number of carboxylic acid groups (broad SMARTS) is 1. The Hall–Kier alpha value is -1.89. The molecule has 1 aliphatic carbocycles. The van der Waals surface area contributed by atoms with Gasteiger partial charge in [0.05, 0.1) is 11.2 Å². The Morgan fingerprint density at radius 1 is 1.21 bits per heavy atom. The van der Waals surface area contributed by atoms with Gasteiger partial charge in [-0.25, -0.2) is 8.42 Å². The number of anilines is 1. The summed E-state index contributed by atoms with van der Waals surface area (Å²) < 4.78 is 22.7. The van der Waals surface area contributed by atoms with Crippen molar-refractivity contribution in [3.05, 3.63) is 29.8 Å². The molecule has 24 heavy (non-hydrogen) atoms. The lowest BCUT2D eigenvalue weighted by Crippen LogP contribution is -2.37. The Bertz CT molecular complexity index is 720. The average molecular weight is 353 g/mol. The number of hydrogen-bond donors (Lipinski definition) is 2. The van der Waals surface area contributed by atoms with Gasteiger partial charge < -0.3 is 10.4 Å². The second kappa shape index (κ2) is 7.34. The summed E-state index contributed by atoms with van der Waals surface area (Å²) >= 11 is 0. The van der Waals surface area contributed by atoms with Crippen molar-refractivity contribution in [2.75, 3.05) is 11.6 Å². The topological polar surface area (TPSA) is 101 Å². The molecule has 7 heteroatoms. The molecule has 132 valence electrons. The summed E-state index contributed by atoms with van der Waals surface area (Å²) in [5, 5.41) is 12.2. The van der Waals surface area contributed by atoms with Gasteiger partial charge in [-0.15, -0.1) is 0 Å². The largest absolute Gasteiger partial charge is 0.481 e. The lowest BCUT2D eigenvalue weighted by molar-refractivity contribution is -0.153. The maximum absolute atomic E-state index is 12.3. The van der Waals surface area contributed by atoms with Gasteiger partial charge in [-0.1, -0.05) is 31.4 Å². The Balaban J connectivity index is 2.06. The van der Waals surface area contributed by atoms with Crippen LogP contribution < -0.4 is 5.32 Å². The van der Waals surface area contributed by atoms with Crippen molar-refractivity contribution in [2.24, 2.45) is 5.41 Å². The van der Waals surface area contributed by atoms with Gasteiger partial charge in [0, 0.05) is 18.4 Å². The molecule has 0 aliphatic heterocycles. The second-order valence-corrected chi connectivity index (χ2v) is 8.78. The smallest absolute Gasteiger partial charge is 0.310 e. The molecule has 0 aromatic heterocycles. The minimum Gasteiger partial charge on any atom is -0.481 e. The van der Waals surface area contributed by atoms with Gasteiger partial charge in [0.25, 0.3) is 0 Å². The van der Waals surface area contributed by atoms with E-state index in [0.29, 0.717) is 24.1 Å². The van der Waals surface area contributed by atoms with E-state index in [4.69, 9.17) is 0 Å². The molecule has 1 saturated carbocycles. The molecule has 0 radical (unpaired) electrons. The third-order valence-corrected chi connectivity index (χ3v) is 5.26. The van der Waals surface area contributed by atoms with Crippen LogP contribution in [0.15, 0.2) is 24.3 Å². The SMILES string of the molecule is CS(=O)(=O)Cc1cccc(NC(=O)CC2(C(=O)O)CCCCC2)c1. The van der Waals surface area contributed by atoms with E-state index >= 15 is 0 Å². The minimum atomic E-state index is -3.16. The van der Waals surface area contributed by atoms with Crippen molar-refractivity contribution in [2.45, 2.75) is 44.3 Å². The van der Waals surface area contributed by atoms with Crippen LogP contribution in [-0.4, -0.2) is 31.7 Å². The number of rotatable bonds is 6. The van der Waals surface area contributed by atoms with Crippen molar-refractivity contribution in [1.29, 1.82) is 0 Å². The highest BCUT2D eigenvalue weighted by Crippen LogP contribution is 2.39. The minimum absolute atomic E-state index is 0.0569. The fourth-order valence-corrected chi connectivity index (χ4v) is 4.03. The quantitative estimate of drug-likeness (QED) is 0.819. The molecule has 0 spiro atoms. The Kier molecular flexibility index (Phi) is 5.64. The summed E-state index contributed by atoms with van der Waals surface area (Å²) in [4.78, 5) is 23.9. The number of carbonyl (C=O) groups is 2. The van der Waals surface area contributed by atoms with E-state index in [0.717, 1.165) is 25.5 Å². The van der Waals surface area contributed by atoms with Crippen LogP contribution in [0.3, 0.4) is 0 Å². The molecule has 1 fully saturated rings. The van der Waals surface area contributed by atoms with E-state index in [1.165, 1.54) is 0 Å². The first-order valence-corrected chi connectivity index (χ1v) is 10.1. The Morgan fingerprint density at radius 3 is 2.46 bits per heavy atom. The first-order chi connectivity index (χ1) is 11.2. The van der Waals surface area contributed by atoms with Crippen LogP contribution >= 0.6 is 0 Å². The van der Waals surface area contributed by atoms with Crippen LogP contribution in [0, 0.1) is 5.41 Å². The van der Waals surface area contributed by atoms with E-state index in [9.17, 15) is 23.1 Å². The Labute approximate surface area is 142 Å². The summed E-state index contributed by atoms with van der Waals surface area (Å²) in [6.45, 7) is 0. The molecule has 2 rings (SSSR count). The third kappa shape index (κ3) is 5.06. The van der Waals surface area contributed by atoms with Crippen LogP contribution in [0.2, 0.25) is 0 Å². The highest BCUT2D eigenvalue weighted by molar-refractivity contribution is 7.89. The molecule has 0 bridgehead atoms. The molecular weight excluding hydrogens is 330 g/mol. The summed E-state index contributed by atoms with van der Waals surface area (Å²) in [5.74, 6) is -1.37. The number of hydrogen-bond acceptors (Lipinski definition) is 4. The molecule has 0 saturated heterocycles. The zero-order chi connectivity index (χ0) is 17.8. The molecule has 1 aliphatic rings. The third-order valence-electron chi connectivity index (χ3n) is 4.40. The van der Waals surface area contributed by atoms with Crippen molar-refractivity contribution in [1.82, 2.24) is 0 Å². The summed E-state index contributed by atoms with van der Waals surface area (Å²) in [7, 11) is -3.16. The molecular formula is C17H23NO5S. The lowest BCUT2D eigenvalue weighted by Gasteiger charge is -2.32. The fourth-order valence-electron chi connectivity index (χ4n) is 3.25. The number of benzene rings is 1. The van der Waals surface area contributed by atoms with E-state index in [1.807, 2.05) is 0 Å². The average Bonchev–Trinajstić information content (AvgIpc) is 2.46. The maximum atomic E-state index is 12.3. The van der Waals surface area contributed by atoms with E-state index in [-0.39, 0.29) is 18.1 Å². The zero-order valence-corrected chi connectivity index (χ0v) is 14.6. The molecule has 1 amide bonds. The number of amides is 1. The van der Waals surface area contributed by atoms with Crippen LogP contribution in [0.1, 0.15) is 44.1 Å². The van der Waals surface area contributed by atoms with Gasteiger partial charge in [0.15, 0.2) is 9.84 Å². The van der Waals surface area contributed by atoms with Crippen LogP contribution in [0.5, 0.6) is 0 Å². The lowest BCUT2D eigenvalue weighted by atomic mass is 9.71. The molecule has 1 aromatic carbocycles. The first-order valence-electron chi connectivity index (χ1n) is 8.00. The van der Waals surface area contributed by atoms with E-state index in [2.05, 4.69) is 5.32 Å². The predicted molar refractivity (Wildman–Crippen MR) is 91.4 cm³/mol. The molecule has 0 heterocycles. The molecule has 1 aromatic rings. The van der Waals surface area contributed by atoms with Gasteiger partial charge in [0.2, 0.25) is 5.91 Å². The van der Waals surface area contributed by atoms with Crippen LogP contribution in [0.25, 0.3) is 0 Å². The van der Waals surface area contributed by atoms with Gasteiger partial charge in [0.1, 0.15) is 0 Å². The van der Waals surface area contributed by atoms with Crippen LogP contribution in [-0.2, 0) is 25.2 Å². The summed E-state index contributed by atoms with van der Waals surface area (Å²) in [6.07, 6.45) is 4.78. The maximum Gasteiger partial charge on any atom is 0.310 e. The first kappa shape index (κ1) is 18.4. The molecule has 0 unspecified atom stereocenters. The second-order valence-electron chi connectivity index (χ2n) is 6.64. The van der Waals surface area contributed by atoms with Gasteiger partial charge >= 0.3 is 5.97 Å². The van der Waals surface area contributed by atoms with E-state index < -0.39 is 21.2 Å². The number of carboxylic acids is 1. The zero-order valence-electron chi connectivity index (χ0n) is 13.7. The molecule has 0 atom stereocenters. The number of sulfone groups is 1. The highest BCUT2D eigenvalue weighted by Gasteiger charge is 2.41. The highest BCUT2D eigenvalue weighted by atomic mass is 32.2. The van der Waals surface area contributed by atoms with Gasteiger partial charge in [-0.3, -0.25) is 9.59 Å².